The predicted molar refractivity (Wildman–Crippen MR) is 73.3 cm³/mol. The van der Waals surface area contributed by atoms with Crippen LogP contribution >= 0.6 is 0 Å². The third kappa shape index (κ3) is 4.12. The number of halogens is 3. The lowest BCUT2D eigenvalue weighted by atomic mass is 9.92. The van der Waals surface area contributed by atoms with E-state index in [-0.39, 0.29) is 18.0 Å². The first-order valence-corrected chi connectivity index (χ1v) is 7.01. The number of benzene rings is 1. The molecule has 2 rings (SSSR count). The standard InChI is InChI=1S/C15H18F3NO2/c16-15(17,18)12-5-1-2-6-13(12)19-9-3-4-11(10-19)7-8-14(20)21/h1-2,5-6,11H,3-4,7-10H2,(H,20,21). The molecular formula is C15H18F3NO2. The van der Waals surface area contributed by atoms with E-state index < -0.39 is 17.7 Å². The van der Waals surface area contributed by atoms with Crippen LogP contribution in [0.4, 0.5) is 18.9 Å². The molecule has 1 atom stereocenters. The van der Waals surface area contributed by atoms with Gasteiger partial charge in [-0.2, -0.15) is 13.2 Å². The minimum absolute atomic E-state index is 0.0689. The van der Waals surface area contributed by atoms with Crippen molar-refractivity contribution in [3.05, 3.63) is 29.8 Å². The van der Waals surface area contributed by atoms with Gasteiger partial charge in [-0.25, -0.2) is 0 Å². The summed E-state index contributed by atoms with van der Waals surface area (Å²) < 4.78 is 39.2. The second-order valence-electron chi connectivity index (χ2n) is 5.40. The van der Waals surface area contributed by atoms with Gasteiger partial charge in [0, 0.05) is 25.2 Å². The number of piperidine rings is 1. The van der Waals surface area contributed by atoms with Crippen LogP contribution in [-0.2, 0) is 11.0 Å². The van der Waals surface area contributed by atoms with Gasteiger partial charge >= 0.3 is 12.1 Å². The molecule has 1 saturated heterocycles. The maximum atomic E-state index is 13.1. The van der Waals surface area contributed by atoms with Crippen molar-refractivity contribution in [2.24, 2.45) is 5.92 Å². The maximum absolute atomic E-state index is 13.1. The second kappa shape index (κ2) is 6.37. The van der Waals surface area contributed by atoms with Crippen molar-refractivity contribution in [1.82, 2.24) is 0 Å². The van der Waals surface area contributed by atoms with Crippen molar-refractivity contribution in [2.75, 3.05) is 18.0 Å². The summed E-state index contributed by atoms with van der Waals surface area (Å²) in [6, 6.07) is 5.57. The van der Waals surface area contributed by atoms with Gasteiger partial charge in [0.1, 0.15) is 0 Å². The SMILES string of the molecule is O=C(O)CCC1CCCN(c2ccccc2C(F)(F)F)C1. The molecular weight excluding hydrogens is 283 g/mol. The van der Waals surface area contributed by atoms with Crippen LogP contribution in [-0.4, -0.2) is 24.2 Å². The Morgan fingerprint density at radius 1 is 1.33 bits per heavy atom. The molecule has 1 N–H and O–H groups in total. The fourth-order valence-corrected chi connectivity index (χ4v) is 2.84. The minimum Gasteiger partial charge on any atom is -0.481 e. The van der Waals surface area contributed by atoms with Crippen LogP contribution in [0.25, 0.3) is 0 Å². The van der Waals surface area contributed by atoms with E-state index in [2.05, 4.69) is 0 Å². The number of carboxylic acid groups (broad SMARTS) is 1. The number of hydrogen-bond acceptors (Lipinski definition) is 2. The first-order valence-electron chi connectivity index (χ1n) is 7.01. The van der Waals surface area contributed by atoms with E-state index in [1.165, 1.54) is 12.1 Å². The van der Waals surface area contributed by atoms with E-state index in [9.17, 15) is 18.0 Å². The van der Waals surface area contributed by atoms with Gasteiger partial charge < -0.3 is 10.0 Å². The molecule has 1 aliphatic heterocycles. The minimum atomic E-state index is -4.37. The molecule has 0 saturated carbocycles. The lowest BCUT2D eigenvalue weighted by Gasteiger charge is -2.35. The zero-order chi connectivity index (χ0) is 15.5. The third-order valence-corrected chi connectivity index (χ3v) is 3.84. The summed E-state index contributed by atoms with van der Waals surface area (Å²) in [5.41, 5.74) is -0.422. The molecule has 116 valence electrons. The van der Waals surface area contributed by atoms with Gasteiger partial charge in [-0.05, 0) is 37.3 Å². The normalized spacial score (nSPS) is 19.6. The molecule has 1 aliphatic rings. The number of para-hydroxylation sites is 1. The van der Waals surface area contributed by atoms with Crippen LogP contribution in [0.5, 0.6) is 0 Å². The van der Waals surface area contributed by atoms with E-state index in [4.69, 9.17) is 5.11 Å². The molecule has 6 heteroatoms. The smallest absolute Gasteiger partial charge is 0.418 e. The van der Waals surface area contributed by atoms with Crippen LogP contribution in [0.15, 0.2) is 24.3 Å². The van der Waals surface area contributed by atoms with Crippen LogP contribution < -0.4 is 4.90 Å². The van der Waals surface area contributed by atoms with Crippen molar-refractivity contribution in [1.29, 1.82) is 0 Å². The number of aliphatic carboxylic acids is 1. The molecule has 3 nitrogen and oxygen atoms in total. The maximum Gasteiger partial charge on any atom is 0.418 e. The van der Waals surface area contributed by atoms with Crippen molar-refractivity contribution in [3.63, 3.8) is 0 Å². The van der Waals surface area contributed by atoms with Gasteiger partial charge in [-0.15, -0.1) is 0 Å². The quantitative estimate of drug-likeness (QED) is 0.920. The number of carbonyl (C=O) groups is 1. The fourth-order valence-electron chi connectivity index (χ4n) is 2.84. The first-order chi connectivity index (χ1) is 9.88. The summed E-state index contributed by atoms with van der Waals surface area (Å²) in [5.74, 6) is -0.723. The highest BCUT2D eigenvalue weighted by atomic mass is 19.4. The Bertz CT molecular complexity index is 502. The van der Waals surface area contributed by atoms with Crippen LogP contribution in [0.1, 0.15) is 31.2 Å². The molecule has 1 aromatic rings. The topological polar surface area (TPSA) is 40.5 Å². The summed E-state index contributed by atoms with van der Waals surface area (Å²) in [7, 11) is 0. The number of hydrogen-bond donors (Lipinski definition) is 1. The number of anilines is 1. The number of alkyl halides is 3. The predicted octanol–water partition coefficient (Wildman–Crippen LogP) is 3.79. The van der Waals surface area contributed by atoms with Crippen LogP contribution in [0.3, 0.4) is 0 Å². The molecule has 1 aromatic carbocycles. The molecule has 1 fully saturated rings. The Morgan fingerprint density at radius 3 is 2.71 bits per heavy atom. The van der Waals surface area contributed by atoms with Gasteiger partial charge in [0.05, 0.1) is 5.56 Å². The first kappa shape index (κ1) is 15.7. The van der Waals surface area contributed by atoms with Gasteiger partial charge in [-0.3, -0.25) is 4.79 Å². The molecule has 0 bridgehead atoms. The zero-order valence-corrected chi connectivity index (χ0v) is 11.6. The number of rotatable bonds is 4. The molecule has 1 unspecified atom stereocenters. The fraction of sp³-hybridized carbons (Fsp3) is 0.533. The molecule has 0 radical (unpaired) electrons. The second-order valence-corrected chi connectivity index (χ2v) is 5.40. The molecule has 21 heavy (non-hydrogen) atoms. The molecule has 0 amide bonds. The summed E-state index contributed by atoms with van der Waals surface area (Å²) in [5, 5.41) is 8.72. The molecule has 1 heterocycles. The van der Waals surface area contributed by atoms with Crippen molar-refractivity contribution in [3.8, 4) is 0 Å². The Morgan fingerprint density at radius 2 is 2.05 bits per heavy atom. The van der Waals surface area contributed by atoms with Gasteiger partial charge in [0.2, 0.25) is 0 Å². The van der Waals surface area contributed by atoms with Gasteiger partial charge in [0.25, 0.3) is 0 Å². The Balaban J connectivity index is 2.13. The highest BCUT2D eigenvalue weighted by Gasteiger charge is 2.35. The van der Waals surface area contributed by atoms with Crippen LogP contribution in [0, 0.1) is 5.92 Å². The highest BCUT2D eigenvalue weighted by molar-refractivity contribution is 5.66. The van der Waals surface area contributed by atoms with E-state index in [0.29, 0.717) is 19.5 Å². The van der Waals surface area contributed by atoms with Crippen molar-refractivity contribution >= 4 is 11.7 Å². The van der Waals surface area contributed by atoms with Crippen molar-refractivity contribution < 1.29 is 23.1 Å². The van der Waals surface area contributed by atoms with Crippen LogP contribution in [0.2, 0.25) is 0 Å². The van der Waals surface area contributed by atoms with E-state index >= 15 is 0 Å². The van der Waals surface area contributed by atoms with Gasteiger partial charge in [0.15, 0.2) is 0 Å². The third-order valence-electron chi connectivity index (χ3n) is 3.84. The number of nitrogens with zero attached hydrogens (tertiary/aromatic N) is 1. The molecule has 0 spiro atoms. The Kier molecular flexibility index (Phi) is 4.75. The van der Waals surface area contributed by atoms with E-state index in [0.717, 1.165) is 18.9 Å². The molecule has 0 aliphatic carbocycles. The van der Waals surface area contributed by atoms with Gasteiger partial charge in [-0.1, -0.05) is 12.1 Å². The Hall–Kier alpha value is -1.72. The monoisotopic (exact) mass is 301 g/mol. The average molecular weight is 301 g/mol. The van der Waals surface area contributed by atoms with E-state index in [1.54, 1.807) is 11.0 Å². The lowest BCUT2D eigenvalue weighted by molar-refractivity contribution is -0.138. The molecule has 0 aromatic heterocycles. The largest absolute Gasteiger partial charge is 0.481 e. The summed E-state index contributed by atoms with van der Waals surface area (Å²) in [4.78, 5) is 12.4. The van der Waals surface area contributed by atoms with E-state index in [1.807, 2.05) is 0 Å². The summed E-state index contributed by atoms with van der Waals surface area (Å²) in [6.07, 6.45) is -2.13. The zero-order valence-electron chi connectivity index (χ0n) is 11.6. The summed E-state index contributed by atoms with van der Waals surface area (Å²) >= 11 is 0. The van der Waals surface area contributed by atoms with Crippen molar-refractivity contribution in [2.45, 2.75) is 31.9 Å². The summed E-state index contributed by atoms with van der Waals surface area (Å²) in [6.45, 7) is 1.07. The Labute approximate surface area is 121 Å². The number of carboxylic acids is 1. The highest BCUT2D eigenvalue weighted by Crippen LogP contribution is 2.38. The average Bonchev–Trinajstić information content (AvgIpc) is 2.44. The lowest BCUT2D eigenvalue weighted by Crippen LogP contribution is -2.36.